The molecule has 0 radical (unpaired) electrons. The van der Waals surface area contributed by atoms with E-state index in [-0.39, 0.29) is 18.8 Å². The van der Waals surface area contributed by atoms with E-state index in [2.05, 4.69) is 0 Å². The Labute approximate surface area is 132 Å². The van der Waals surface area contributed by atoms with Crippen molar-refractivity contribution in [1.82, 2.24) is 4.40 Å². The molecule has 1 aliphatic carbocycles. The number of Topliss-reactive ketones (excluding diaryl/α,β-unsaturated/α-hetero) is 1. The number of ketones is 1. The average molecular weight is 313 g/mol. The van der Waals surface area contributed by atoms with E-state index in [4.69, 9.17) is 4.74 Å². The van der Waals surface area contributed by atoms with Crippen LogP contribution in [0.25, 0.3) is 5.52 Å². The number of fused-ring (bicyclic) bond motifs is 1. The molecular formula is C18H16FNO3. The fourth-order valence-electron chi connectivity index (χ4n) is 2.62. The van der Waals surface area contributed by atoms with E-state index in [0.717, 1.165) is 0 Å². The molecule has 23 heavy (non-hydrogen) atoms. The van der Waals surface area contributed by atoms with Gasteiger partial charge in [0, 0.05) is 23.8 Å². The summed E-state index contributed by atoms with van der Waals surface area (Å²) < 4.78 is 19.8. The fourth-order valence-corrected chi connectivity index (χ4v) is 2.62. The van der Waals surface area contributed by atoms with Gasteiger partial charge in [-0.05, 0) is 31.2 Å². The van der Waals surface area contributed by atoms with Gasteiger partial charge >= 0.3 is 5.97 Å². The molecule has 0 N–H and O–H groups in total. The van der Waals surface area contributed by atoms with Crippen molar-refractivity contribution in [3.63, 3.8) is 0 Å². The summed E-state index contributed by atoms with van der Waals surface area (Å²) in [6, 6.07) is 6.87. The van der Waals surface area contributed by atoms with E-state index in [0.29, 0.717) is 22.3 Å². The van der Waals surface area contributed by atoms with Gasteiger partial charge in [0.2, 0.25) is 0 Å². The largest absolute Gasteiger partial charge is 0.461 e. The number of hydrogen-bond donors (Lipinski definition) is 0. The van der Waals surface area contributed by atoms with E-state index < -0.39 is 12.1 Å². The van der Waals surface area contributed by atoms with Crippen LogP contribution in [0, 0.1) is 0 Å². The van der Waals surface area contributed by atoms with E-state index in [9.17, 15) is 14.0 Å². The van der Waals surface area contributed by atoms with Crippen LogP contribution in [0.3, 0.4) is 0 Å². The highest BCUT2D eigenvalue weighted by Gasteiger charge is 2.22. The summed E-state index contributed by atoms with van der Waals surface area (Å²) in [6.45, 7) is 1.98. The number of hydrogen-bond acceptors (Lipinski definition) is 3. The lowest BCUT2D eigenvalue weighted by atomic mass is 9.98. The van der Waals surface area contributed by atoms with E-state index in [1.54, 1.807) is 41.8 Å². The van der Waals surface area contributed by atoms with Crippen molar-refractivity contribution in [3.05, 3.63) is 65.5 Å². The zero-order chi connectivity index (χ0) is 16.4. The third kappa shape index (κ3) is 2.82. The highest BCUT2D eigenvalue weighted by atomic mass is 19.1. The van der Waals surface area contributed by atoms with E-state index in [1.807, 2.05) is 0 Å². The number of rotatable bonds is 4. The van der Waals surface area contributed by atoms with Gasteiger partial charge in [0.05, 0.1) is 12.1 Å². The van der Waals surface area contributed by atoms with Crippen LogP contribution in [0.5, 0.6) is 0 Å². The monoisotopic (exact) mass is 313 g/mol. The molecule has 1 unspecified atom stereocenters. The summed E-state index contributed by atoms with van der Waals surface area (Å²) in [5.41, 5.74) is 1.76. The van der Waals surface area contributed by atoms with Gasteiger partial charge in [-0.15, -0.1) is 0 Å². The first-order valence-electron chi connectivity index (χ1n) is 7.46. The normalized spacial score (nSPS) is 17.1. The molecule has 0 fully saturated rings. The molecule has 0 saturated carbocycles. The quantitative estimate of drug-likeness (QED) is 0.641. The van der Waals surface area contributed by atoms with Crippen LogP contribution < -0.4 is 0 Å². The number of halogens is 1. The second-order valence-corrected chi connectivity index (χ2v) is 5.22. The lowest BCUT2D eigenvalue weighted by Gasteiger charge is -2.08. The van der Waals surface area contributed by atoms with Gasteiger partial charge in [-0.3, -0.25) is 4.79 Å². The Kier molecular flexibility index (Phi) is 4.10. The van der Waals surface area contributed by atoms with Crippen molar-refractivity contribution in [2.24, 2.45) is 0 Å². The molecular weight excluding hydrogens is 297 g/mol. The Bertz CT molecular complexity index is 832. The summed E-state index contributed by atoms with van der Waals surface area (Å²) in [5, 5.41) is 0. The third-order valence-corrected chi connectivity index (χ3v) is 3.72. The summed E-state index contributed by atoms with van der Waals surface area (Å²) in [5.74, 6) is -0.711. The van der Waals surface area contributed by atoms with Crippen molar-refractivity contribution in [3.8, 4) is 0 Å². The van der Waals surface area contributed by atoms with Crippen LogP contribution in [0.4, 0.5) is 4.39 Å². The first-order valence-corrected chi connectivity index (χ1v) is 7.46. The molecule has 1 aliphatic rings. The first-order chi connectivity index (χ1) is 11.1. The molecule has 5 heteroatoms. The van der Waals surface area contributed by atoms with Gasteiger partial charge in [0.1, 0.15) is 11.9 Å². The minimum absolute atomic E-state index is 0.189. The second-order valence-electron chi connectivity index (χ2n) is 5.22. The maximum atomic E-state index is 13.2. The summed E-state index contributed by atoms with van der Waals surface area (Å²) in [4.78, 5) is 24.8. The molecule has 0 spiro atoms. The molecule has 4 nitrogen and oxygen atoms in total. The van der Waals surface area contributed by atoms with Gasteiger partial charge in [0.25, 0.3) is 0 Å². The number of allylic oxidation sites excluding steroid dienone is 4. The lowest BCUT2D eigenvalue weighted by Crippen LogP contribution is -2.07. The summed E-state index contributed by atoms with van der Waals surface area (Å²) in [7, 11) is 0. The first kappa shape index (κ1) is 15.2. The minimum Gasteiger partial charge on any atom is -0.461 e. The van der Waals surface area contributed by atoms with E-state index in [1.165, 1.54) is 18.2 Å². The molecule has 1 atom stereocenters. The number of esters is 1. The smallest absolute Gasteiger partial charge is 0.355 e. The summed E-state index contributed by atoms with van der Waals surface area (Å²) >= 11 is 0. The van der Waals surface area contributed by atoms with Crippen molar-refractivity contribution < 1.29 is 18.7 Å². The van der Waals surface area contributed by atoms with Crippen molar-refractivity contribution in [1.29, 1.82) is 0 Å². The fraction of sp³-hybridized carbons (Fsp3) is 0.222. The summed E-state index contributed by atoms with van der Waals surface area (Å²) in [6.07, 6.45) is 5.30. The predicted molar refractivity (Wildman–Crippen MR) is 84.4 cm³/mol. The Hall–Kier alpha value is -2.69. The van der Waals surface area contributed by atoms with E-state index >= 15 is 0 Å². The van der Waals surface area contributed by atoms with Crippen molar-refractivity contribution in [2.75, 3.05) is 6.61 Å². The van der Waals surface area contributed by atoms with Crippen LogP contribution in [0.2, 0.25) is 0 Å². The average Bonchev–Trinajstić information content (AvgIpc) is 2.95. The predicted octanol–water partition coefficient (Wildman–Crippen LogP) is 3.52. The number of carbonyl (C=O) groups is 2. The van der Waals surface area contributed by atoms with Gasteiger partial charge in [-0.2, -0.15) is 0 Å². The SMILES string of the molecule is CCOC(=O)c1cc(C(=O)C2=CCC(F)C=C2)c2ccccn12. The highest BCUT2D eigenvalue weighted by molar-refractivity contribution is 6.16. The minimum atomic E-state index is -1.05. The van der Waals surface area contributed by atoms with Crippen LogP contribution in [0.1, 0.15) is 34.2 Å². The molecule has 0 saturated heterocycles. The standard InChI is InChI=1S/C18H16FNO3/c1-2-23-18(22)16-11-14(15-5-3-4-10-20(15)16)17(21)12-6-8-13(19)9-7-12/h3-8,10-11,13H,2,9H2,1H3. The zero-order valence-corrected chi connectivity index (χ0v) is 12.7. The Morgan fingerprint density at radius 1 is 1.39 bits per heavy atom. The van der Waals surface area contributed by atoms with Crippen LogP contribution in [-0.4, -0.2) is 28.9 Å². The number of ether oxygens (including phenoxy) is 1. The van der Waals surface area contributed by atoms with Crippen molar-refractivity contribution >= 4 is 17.3 Å². The van der Waals surface area contributed by atoms with Gasteiger partial charge < -0.3 is 9.14 Å². The number of pyridine rings is 1. The molecule has 3 rings (SSSR count). The Morgan fingerprint density at radius 2 is 2.22 bits per heavy atom. The Morgan fingerprint density at radius 3 is 2.91 bits per heavy atom. The topological polar surface area (TPSA) is 47.8 Å². The maximum absolute atomic E-state index is 13.2. The molecule has 0 aliphatic heterocycles. The van der Waals surface area contributed by atoms with Crippen LogP contribution >= 0.6 is 0 Å². The molecule has 0 aromatic carbocycles. The maximum Gasteiger partial charge on any atom is 0.355 e. The molecule has 0 bridgehead atoms. The number of alkyl halides is 1. The second kappa shape index (κ2) is 6.20. The molecule has 2 heterocycles. The van der Waals surface area contributed by atoms with Gasteiger partial charge in [-0.25, -0.2) is 9.18 Å². The lowest BCUT2D eigenvalue weighted by molar-refractivity contribution is 0.0518. The number of aromatic nitrogens is 1. The molecule has 118 valence electrons. The zero-order valence-electron chi connectivity index (χ0n) is 12.7. The van der Waals surface area contributed by atoms with Crippen LogP contribution in [-0.2, 0) is 4.74 Å². The number of carbonyl (C=O) groups excluding carboxylic acids is 2. The molecule has 2 aromatic rings. The highest BCUT2D eigenvalue weighted by Crippen LogP contribution is 2.24. The van der Waals surface area contributed by atoms with Gasteiger partial charge in [-0.1, -0.05) is 18.2 Å². The van der Waals surface area contributed by atoms with Crippen molar-refractivity contribution in [2.45, 2.75) is 19.5 Å². The third-order valence-electron chi connectivity index (χ3n) is 3.72. The molecule has 2 aromatic heterocycles. The van der Waals surface area contributed by atoms with Gasteiger partial charge in [0.15, 0.2) is 5.78 Å². The number of nitrogens with zero attached hydrogens (tertiary/aromatic N) is 1. The van der Waals surface area contributed by atoms with Crippen LogP contribution in [0.15, 0.2) is 54.3 Å². The molecule has 0 amide bonds. The Balaban J connectivity index is 2.06.